The van der Waals surface area contributed by atoms with Crippen LogP contribution in [-0.4, -0.2) is 44.2 Å². The maximum atomic E-state index is 12.2. The van der Waals surface area contributed by atoms with E-state index in [-0.39, 0.29) is 24.1 Å². The highest BCUT2D eigenvalue weighted by Gasteiger charge is 2.14. The number of fused-ring (bicyclic) bond motifs is 1. The zero-order chi connectivity index (χ0) is 18.7. The molecular formula is C16H19ClN8O2. The third-order valence-corrected chi connectivity index (χ3v) is 3.72. The number of halogens is 1. The minimum absolute atomic E-state index is 0. The number of aryl methyl sites for hydroxylation is 1. The number of aromatic nitrogens is 4. The second-order valence-corrected chi connectivity index (χ2v) is 5.67. The van der Waals surface area contributed by atoms with E-state index >= 15 is 0 Å². The van der Waals surface area contributed by atoms with E-state index in [9.17, 15) is 9.59 Å². The molecule has 0 aliphatic rings. The third kappa shape index (κ3) is 4.42. The maximum Gasteiger partial charge on any atom is 0.251 e. The van der Waals surface area contributed by atoms with Gasteiger partial charge in [0.25, 0.3) is 5.91 Å². The molecule has 0 aliphatic heterocycles. The largest absolute Gasteiger partial charge is 0.388 e. The van der Waals surface area contributed by atoms with Crippen molar-refractivity contribution in [1.29, 1.82) is 5.41 Å². The van der Waals surface area contributed by atoms with Gasteiger partial charge in [0.2, 0.25) is 6.41 Å². The predicted molar refractivity (Wildman–Crippen MR) is 104 cm³/mol. The maximum absolute atomic E-state index is 12.2. The zero-order valence-corrected chi connectivity index (χ0v) is 15.3. The number of hydrogen-bond donors (Lipinski definition) is 5. The van der Waals surface area contributed by atoms with Gasteiger partial charge >= 0.3 is 0 Å². The fraction of sp³-hybridized carbons (Fsp3) is 0.188. The van der Waals surface area contributed by atoms with E-state index < -0.39 is 0 Å². The van der Waals surface area contributed by atoms with Crippen LogP contribution in [0, 0.1) is 5.41 Å². The number of rotatable bonds is 7. The van der Waals surface area contributed by atoms with Crippen LogP contribution in [0.5, 0.6) is 0 Å². The molecule has 0 saturated carbocycles. The lowest BCUT2D eigenvalue weighted by Crippen LogP contribution is -2.27. The van der Waals surface area contributed by atoms with Gasteiger partial charge in [-0.3, -0.25) is 15.0 Å². The SMILES string of the molecule is Cl.Cn1cc(NC=O)nc1-c1nc2cc(C(=O)NCCC(=N)N)ccc2[nH]1. The van der Waals surface area contributed by atoms with Crippen molar-refractivity contribution in [3.63, 3.8) is 0 Å². The van der Waals surface area contributed by atoms with E-state index in [2.05, 4.69) is 25.6 Å². The number of amidine groups is 1. The van der Waals surface area contributed by atoms with Gasteiger partial charge in [0, 0.05) is 31.8 Å². The Morgan fingerprint density at radius 2 is 2.19 bits per heavy atom. The molecule has 27 heavy (non-hydrogen) atoms. The summed E-state index contributed by atoms with van der Waals surface area (Å²) in [5, 5.41) is 12.4. The van der Waals surface area contributed by atoms with E-state index in [1.807, 2.05) is 0 Å². The number of benzene rings is 1. The van der Waals surface area contributed by atoms with Crippen LogP contribution in [0.15, 0.2) is 24.4 Å². The minimum Gasteiger partial charge on any atom is -0.388 e. The smallest absolute Gasteiger partial charge is 0.251 e. The van der Waals surface area contributed by atoms with Crippen LogP contribution >= 0.6 is 12.4 Å². The number of nitrogens with one attached hydrogen (secondary N) is 4. The summed E-state index contributed by atoms with van der Waals surface area (Å²) in [5.41, 5.74) is 7.10. The molecule has 0 radical (unpaired) electrons. The summed E-state index contributed by atoms with van der Waals surface area (Å²) >= 11 is 0. The van der Waals surface area contributed by atoms with Gasteiger partial charge in [-0.15, -0.1) is 12.4 Å². The van der Waals surface area contributed by atoms with Crippen LogP contribution in [0.25, 0.3) is 22.7 Å². The van der Waals surface area contributed by atoms with Gasteiger partial charge in [0.15, 0.2) is 17.5 Å². The number of hydrogen-bond acceptors (Lipinski definition) is 5. The van der Waals surface area contributed by atoms with Gasteiger partial charge < -0.3 is 25.9 Å². The van der Waals surface area contributed by atoms with Crippen LogP contribution in [0.2, 0.25) is 0 Å². The van der Waals surface area contributed by atoms with Crippen molar-refractivity contribution in [1.82, 2.24) is 24.8 Å². The van der Waals surface area contributed by atoms with Gasteiger partial charge in [0.05, 0.1) is 16.9 Å². The Morgan fingerprint density at radius 1 is 1.41 bits per heavy atom. The van der Waals surface area contributed by atoms with Crippen molar-refractivity contribution in [3.8, 4) is 11.6 Å². The van der Waals surface area contributed by atoms with Crippen LogP contribution in [0.3, 0.4) is 0 Å². The van der Waals surface area contributed by atoms with Gasteiger partial charge in [-0.05, 0) is 18.2 Å². The molecule has 11 heteroatoms. The molecule has 0 unspecified atom stereocenters. The second-order valence-electron chi connectivity index (χ2n) is 5.67. The van der Waals surface area contributed by atoms with Gasteiger partial charge in [-0.1, -0.05) is 0 Å². The Hall–Kier alpha value is -3.40. The lowest BCUT2D eigenvalue weighted by atomic mass is 10.2. The monoisotopic (exact) mass is 390 g/mol. The molecule has 0 bridgehead atoms. The fourth-order valence-corrected chi connectivity index (χ4v) is 2.48. The third-order valence-electron chi connectivity index (χ3n) is 3.72. The van der Waals surface area contributed by atoms with Crippen molar-refractivity contribution >= 4 is 47.4 Å². The predicted octanol–water partition coefficient (Wildman–Crippen LogP) is 1.01. The Balaban J connectivity index is 0.00000261. The van der Waals surface area contributed by atoms with Crippen LogP contribution < -0.4 is 16.4 Å². The number of imidazole rings is 2. The number of H-pyrrole nitrogens is 1. The summed E-state index contributed by atoms with van der Waals surface area (Å²) in [6.07, 6.45) is 2.53. The molecule has 1 aromatic carbocycles. The van der Waals surface area contributed by atoms with Crippen molar-refractivity contribution in [3.05, 3.63) is 30.0 Å². The minimum atomic E-state index is -0.257. The molecule has 2 heterocycles. The lowest BCUT2D eigenvalue weighted by molar-refractivity contribution is -0.105. The number of aromatic amines is 1. The molecule has 2 amide bonds. The first-order valence-corrected chi connectivity index (χ1v) is 7.82. The van der Waals surface area contributed by atoms with Crippen molar-refractivity contribution in [2.24, 2.45) is 12.8 Å². The molecule has 6 N–H and O–H groups in total. The number of nitrogens with two attached hydrogens (primary N) is 1. The molecule has 0 atom stereocenters. The molecule has 3 aromatic rings. The Kier molecular flexibility index (Phi) is 6.14. The molecule has 142 valence electrons. The molecule has 0 fully saturated rings. The van der Waals surface area contributed by atoms with E-state index in [4.69, 9.17) is 11.1 Å². The number of carbonyl (C=O) groups excluding carboxylic acids is 2. The average Bonchev–Trinajstić information content (AvgIpc) is 3.17. The molecule has 10 nitrogen and oxygen atoms in total. The highest BCUT2D eigenvalue weighted by Crippen LogP contribution is 2.22. The summed E-state index contributed by atoms with van der Waals surface area (Å²) in [6.45, 7) is 0.303. The van der Waals surface area contributed by atoms with Gasteiger partial charge in [-0.25, -0.2) is 9.97 Å². The zero-order valence-electron chi connectivity index (χ0n) is 14.4. The van der Waals surface area contributed by atoms with Crippen molar-refractivity contribution in [2.45, 2.75) is 6.42 Å². The molecule has 0 aliphatic carbocycles. The number of nitrogens with zero attached hydrogens (tertiary/aromatic N) is 3. The summed E-state index contributed by atoms with van der Waals surface area (Å²) in [5.74, 6) is 1.26. The first-order chi connectivity index (χ1) is 12.5. The van der Waals surface area contributed by atoms with Gasteiger partial charge in [0.1, 0.15) is 0 Å². The lowest BCUT2D eigenvalue weighted by Gasteiger charge is -2.04. The first-order valence-electron chi connectivity index (χ1n) is 7.82. The quantitative estimate of drug-likeness (QED) is 0.231. The first kappa shape index (κ1) is 19.9. The standard InChI is InChI=1S/C16H18N8O2.ClH/c1-24-7-13(20-8-25)23-15(24)14-21-10-3-2-9(6-11(10)22-14)16(26)19-5-4-12(17)18;/h2-3,6-8H,4-5H2,1H3,(H3,17,18)(H,19,26)(H,20,25)(H,21,22);1H. The summed E-state index contributed by atoms with van der Waals surface area (Å²) in [6, 6.07) is 5.12. The van der Waals surface area contributed by atoms with Crippen molar-refractivity contribution in [2.75, 3.05) is 11.9 Å². The topological polar surface area (TPSA) is 155 Å². The fourth-order valence-electron chi connectivity index (χ4n) is 2.48. The Morgan fingerprint density at radius 3 is 2.89 bits per heavy atom. The van der Waals surface area contributed by atoms with E-state index in [0.29, 0.717) is 47.9 Å². The highest BCUT2D eigenvalue weighted by atomic mass is 35.5. The van der Waals surface area contributed by atoms with Crippen LogP contribution in [-0.2, 0) is 11.8 Å². The Bertz CT molecular complexity index is 994. The number of anilines is 1. The van der Waals surface area contributed by atoms with E-state index in [0.717, 1.165) is 5.52 Å². The van der Waals surface area contributed by atoms with E-state index in [1.54, 1.807) is 36.0 Å². The molecular weight excluding hydrogens is 372 g/mol. The molecule has 0 saturated heterocycles. The highest BCUT2D eigenvalue weighted by molar-refractivity contribution is 5.97. The summed E-state index contributed by atoms with van der Waals surface area (Å²) in [7, 11) is 1.79. The number of carbonyl (C=O) groups is 2. The van der Waals surface area contributed by atoms with Gasteiger partial charge in [-0.2, -0.15) is 0 Å². The normalized spacial score (nSPS) is 10.3. The summed E-state index contributed by atoms with van der Waals surface area (Å²) in [4.78, 5) is 34.6. The molecule has 0 spiro atoms. The average molecular weight is 391 g/mol. The molecule has 2 aromatic heterocycles. The Labute approximate surface area is 160 Å². The molecule has 3 rings (SSSR count). The number of amides is 2. The van der Waals surface area contributed by atoms with Crippen LogP contribution in [0.1, 0.15) is 16.8 Å². The van der Waals surface area contributed by atoms with E-state index in [1.165, 1.54) is 0 Å². The van der Waals surface area contributed by atoms with Crippen molar-refractivity contribution < 1.29 is 9.59 Å². The second kappa shape index (κ2) is 8.32. The summed E-state index contributed by atoms with van der Waals surface area (Å²) < 4.78 is 1.74. The van der Waals surface area contributed by atoms with Crippen LogP contribution in [0.4, 0.5) is 5.82 Å².